The summed E-state index contributed by atoms with van der Waals surface area (Å²) in [5.41, 5.74) is 0. The molecule has 1 amide bonds. The highest BCUT2D eigenvalue weighted by Gasteiger charge is 2.17. The quantitative estimate of drug-likeness (QED) is 0.184. The molecule has 0 spiro atoms. The maximum absolute atomic E-state index is 10.6. The molecule has 5 N–H and O–H groups in total. The monoisotopic (exact) mass is 411 g/mol. The Bertz CT molecular complexity index is 448. The van der Waals surface area contributed by atoms with Crippen LogP contribution in [0, 0.1) is 0 Å². The van der Waals surface area contributed by atoms with Crippen molar-refractivity contribution in [1.82, 2.24) is 15.1 Å². The normalized spacial score (nSPS) is 10.1. The molecule has 0 radical (unpaired) electrons. The van der Waals surface area contributed by atoms with Gasteiger partial charge in [0, 0.05) is 32.3 Å². The number of thiol groups is 1. The fourth-order valence-corrected chi connectivity index (χ4v) is 1.82. The standard InChI is InChI=1S/C10H16N2O8.C4H9NOS/c13-7(14)3-11(4-8(15)16)1-2-12(5-9(17)18)6-10(19)20;1-4(6)5-2-3-7/h1-6H2,(H,13,14)(H,15,16)(H,17,18)(H,19,20);7H,2-3H2,1H3,(H,5,6). The van der Waals surface area contributed by atoms with Gasteiger partial charge in [-0.2, -0.15) is 12.6 Å². The van der Waals surface area contributed by atoms with E-state index in [0.29, 0.717) is 12.3 Å². The van der Waals surface area contributed by atoms with Crippen molar-refractivity contribution in [2.75, 3.05) is 51.6 Å². The summed E-state index contributed by atoms with van der Waals surface area (Å²) < 4.78 is 0. The third-order valence-corrected chi connectivity index (χ3v) is 2.88. The van der Waals surface area contributed by atoms with Crippen molar-refractivity contribution < 1.29 is 44.4 Å². The fourth-order valence-electron chi connectivity index (χ4n) is 1.71. The van der Waals surface area contributed by atoms with Crippen molar-refractivity contribution in [3.8, 4) is 0 Å². The van der Waals surface area contributed by atoms with Gasteiger partial charge in [-0.3, -0.25) is 33.8 Å². The number of carbonyl (C=O) groups is 5. The molecule has 0 saturated heterocycles. The number of carboxylic acids is 4. The molecule has 0 aliphatic carbocycles. The second-order valence-electron chi connectivity index (χ2n) is 5.20. The van der Waals surface area contributed by atoms with Gasteiger partial charge in [0.1, 0.15) is 0 Å². The minimum atomic E-state index is -1.23. The van der Waals surface area contributed by atoms with Crippen LogP contribution in [0.25, 0.3) is 0 Å². The molecule has 0 unspecified atom stereocenters. The Morgan fingerprint density at radius 3 is 1.19 bits per heavy atom. The summed E-state index contributed by atoms with van der Waals surface area (Å²) in [6, 6.07) is 0. The third kappa shape index (κ3) is 21.6. The summed E-state index contributed by atoms with van der Waals surface area (Å²) in [5.74, 6) is -4.19. The van der Waals surface area contributed by atoms with Crippen LogP contribution in [0.5, 0.6) is 0 Å². The van der Waals surface area contributed by atoms with Gasteiger partial charge in [0.05, 0.1) is 26.2 Å². The van der Waals surface area contributed by atoms with Crippen LogP contribution in [0.4, 0.5) is 0 Å². The number of amides is 1. The van der Waals surface area contributed by atoms with E-state index >= 15 is 0 Å². The molecule has 0 aliphatic rings. The van der Waals surface area contributed by atoms with Crippen molar-refractivity contribution in [3.63, 3.8) is 0 Å². The lowest BCUT2D eigenvalue weighted by Gasteiger charge is -2.23. The van der Waals surface area contributed by atoms with Crippen molar-refractivity contribution in [2.24, 2.45) is 0 Å². The zero-order valence-corrected chi connectivity index (χ0v) is 15.7. The Hall–Kier alpha value is -2.38. The average Bonchev–Trinajstić information content (AvgIpc) is 2.48. The van der Waals surface area contributed by atoms with Gasteiger partial charge in [0.15, 0.2) is 0 Å². The van der Waals surface area contributed by atoms with Crippen LogP contribution >= 0.6 is 12.6 Å². The molecule has 13 heteroatoms. The van der Waals surface area contributed by atoms with Gasteiger partial charge >= 0.3 is 23.9 Å². The molecule has 0 saturated carbocycles. The van der Waals surface area contributed by atoms with Gasteiger partial charge in [-0.15, -0.1) is 0 Å². The van der Waals surface area contributed by atoms with Crippen molar-refractivity contribution in [2.45, 2.75) is 6.92 Å². The van der Waals surface area contributed by atoms with Crippen LogP contribution in [0.3, 0.4) is 0 Å². The molecule has 156 valence electrons. The van der Waals surface area contributed by atoms with E-state index in [1.165, 1.54) is 6.92 Å². The molecule has 0 bridgehead atoms. The van der Waals surface area contributed by atoms with Crippen LogP contribution in [0.15, 0.2) is 0 Å². The smallest absolute Gasteiger partial charge is 0.317 e. The van der Waals surface area contributed by atoms with Crippen molar-refractivity contribution in [1.29, 1.82) is 0 Å². The topological polar surface area (TPSA) is 185 Å². The number of carboxylic acid groups (broad SMARTS) is 4. The summed E-state index contributed by atoms with van der Waals surface area (Å²) in [6.45, 7) is -0.0959. The van der Waals surface area contributed by atoms with E-state index in [1.807, 2.05) is 0 Å². The molecule has 27 heavy (non-hydrogen) atoms. The largest absolute Gasteiger partial charge is 0.480 e. The number of hydrogen-bond acceptors (Lipinski definition) is 8. The Kier molecular flexibility index (Phi) is 15.8. The van der Waals surface area contributed by atoms with E-state index in [-0.39, 0.29) is 19.0 Å². The molecular weight excluding hydrogens is 386 g/mol. The number of nitrogens with zero attached hydrogens (tertiary/aromatic N) is 2. The second kappa shape index (κ2) is 15.8. The summed E-state index contributed by atoms with van der Waals surface area (Å²) in [7, 11) is 0. The predicted molar refractivity (Wildman–Crippen MR) is 96.0 cm³/mol. The molecule has 12 nitrogen and oxygen atoms in total. The van der Waals surface area contributed by atoms with Gasteiger partial charge in [0.2, 0.25) is 5.91 Å². The highest BCUT2D eigenvalue weighted by molar-refractivity contribution is 7.80. The minimum Gasteiger partial charge on any atom is -0.480 e. The Morgan fingerprint density at radius 2 is 1.04 bits per heavy atom. The van der Waals surface area contributed by atoms with E-state index in [0.717, 1.165) is 9.80 Å². The number of nitrogens with one attached hydrogen (secondary N) is 1. The van der Waals surface area contributed by atoms with Crippen molar-refractivity contribution >= 4 is 42.4 Å². The first-order valence-electron chi connectivity index (χ1n) is 7.65. The molecule has 0 atom stereocenters. The first kappa shape index (κ1) is 26.8. The van der Waals surface area contributed by atoms with Gasteiger partial charge in [-0.05, 0) is 0 Å². The maximum atomic E-state index is 10.6. The highest BCUT2D eigenvalue weighted by Crippen LogP contribution is 1.94. The van der Waals surface area contributed by atoms with Gasteiger partial charge in [0.25, 0.3) is 0 Å². The first-order valence-corrected chi connectivity index (χ1v) is 8.28. The Morgan fingerprint density at radius 1 is 0.741 bits per heavy atom. The number of aliphatic carboxylic acids is 4. The fraction of sp³-hybridized carbons (Fsp3) is 0.643. The van der Waals surface area contributed by atoms with Crippen LogP contribution in [0.1, 0.15) is 6.92 Å². The van der Waals surface area contributed by atoms with Crippen LogP contribution in [-0.2, 0) is 24.0 Å². The number of rotatable bonds is 13. The summed E-state index contributed by atoms with van der Waals surface area (Å²) in [4.78, 5) is 54.4. The third-order valence-electron chi connectivity index (χ3n) is 2.65. The molecule has 0 heterocycles. The van der Waals surface area contributed by atoms with E-state index in [1.54, 1.807) is 0 Å². The lowest BCUT2D eigenvalue weighted by molar-refractivity contribution is -0.145. The Balaban J connectivity index is 0. The molecule has 0 rings (SSSR count). The van der Waals surface area contributed by atoms with E-state index in [2.05, 4.69) is 17.9 Å². The first-order chi connectivity index (χ1) is 12.5. The summed E-state index contributed by atoms with van der Waals surface area (Å²) in [5, 5.41) is 37.0. The van der Waals surface area contributed by atoms with Crippen LogP contribution in [-0.4, -0.2) is 112 Å². The minimum absolute atomic E-state index is 0.00838. The molecular formula is C14H25N3O9S. The highest BCUT2D eigenvalue weighted by atomic mass is 32.1. The Labute approximate surface area is 161 Å². The SMILES string of the molecule is CC(=O)NCCS.O=C(O)CN(CCN(CC(=O)O)CC(=O)O)CC(=O)O. The number of hydrogen-bond donors (Lipinski definition) is 6. The zero-order valence-electron chi connectivity index (χ0n) is 14.8. The average molecular weight is 411 g/mol. The lowest BCUT2D eigenvalue weighted by atomic mass is 10.4. The van der Waals surface area contributed by atoms with E-state index < -0.39 is 50.1 Å². The number of carbonyl (C=O) groups excluding carboxylic acids is 1. The molecule has 0 aromatic rings. The van der Waals surface area contributed by atoms with Crippen LogP contribution < -0.4 is 5.32 Å². The van der Waals surface area contributed by atoms with Gasteiger partial charge in [-0.1, -0.05) is 0 Å². The van der Waals surface area contributed by atoms with E-state index in [9.17, 15) is 24.0 Å². The van der Waals surface area contributed by atoms with Gasteiger partial charge < -0.3 is 25.7 Å². The predicted octanol–water partition coefficient (Wildman–Crippen LogP) is -2.02. The molecule has 0 aromatic carbocycles. The molecule has 0 aromatic heterocycles. The second-order valence-corrected chi connectivity index (χ2v) is 5.65. The summed E-state index contributed by atoms with van der Waals surface area (Å²) in [6.07, 6.45) is 0. The van der Waals surface area contributed by atoms with E-state index in [4.69, 9.17) is 20.4 Å². The van der Waals surface area contributed by atoms with Crippen molar-refractivity contribution in [3.05, 3.63) is 0 Å². The lowest BCUT2D eigenvalue weighted by Crippen LogP contribution is -2.43. The van der Waals surface area contributed by atoms with Gasteiger partial charge in [-0.25, -0.2) is 0 Å². The molecule has 0 fully saturated rings. The molecule has 0 aliphatic heterocycles. The zero-order chi connectivity index (χ0) is 21.4. The maximum Gasteiger partial charge on any atom is 0.317 e. The van der Waals surface area contributed by atoms with Crippen LogP contribution in [0.2, 0.25) is 0 Å². The summed E-state index contributed by atoms with van der Waals surface area (Å²) >= 11 is 3.88.